The van der Waals surface area contributed by atoms with Crippen molar-refractivity contribution in [1.82, 2.24) is 0 Å². The highest BCUT2D eigenvalue weighted by molar-refractivity contribution is 5.94. The molecule has 0 aromatic carbocycles. The van der Waals surface area contributed by atoms with E-state index in [0.717, 1.165) is 21.0 Å². The Bertz CT molecular complexity index is 1210. The van der Waals surface area contributed by atoms with E-state index in [1.54, 1.807) is 19.9 Å². The minimum atomic E-state index is -2.39. The van der Waals surface area contributed by atoms with Crippen LogP contribution in [-0.2, 0) is 52.4 Å². The molecule has 0 amide bonds. The fraction of sp³-hybridized carbons (Fsp3) is 0.536. The molecule has 218 valence electrons. The maximum absolute atomic E-state index is 13.4. The molecule has 0 radical (unpaired) electrons. The van der Waals surface area contributed by atoms with E-state index in [9.17, 15) is 29.1 Å². The highest BCUT2D eigenvalue weighted by atomic mass is 16.6. The van der Waals surface area contributed by atoms with Crippen molar-refractivity contribution in [3.05, 3.63) is 47.1 Å². The Balaban J connectivity index is 2.21. The smallest absolute Gasteiger partial charge is 0.342 e. The van der Waals surface area contributed by atoms with E-state index in [1.165, 1.54) is 26.0 Å². The first-order valence-electron chi connectivity index (χ1n) is 12.6. The number of allylic oxidation sites excluding steroid dienone is 1. The van der Waals surface area contributed by atoms with Gasteiger partial charge in [-0.15, -0.1) is 0 Å². The summed E-state index contributed by atoms with van der Waals surface area (Å²) in [7, 11) is 1.12. The third-order valence-electron chi connectivity index (χ3n) is 7.17. The van der Waals surface area contributed by atoms with Gasteiger partial charge in [0.2, 0.25) is 0 Å². The predicted octanol–water partition coefficient (Wildman–Crippen LogP) is 1.40. The summed E-state index contributed by atoms with van der Waals surface area (Å²) in [5.74, 6) is -5.78. The van der Waals surface area contributed by atoms with Gasteiger partial charge in [-0.05, 0) is 52.3 Å². The van der Waals surface area contributed by atoms with Crippen molar-refractivity contribution in [1.29, 1.82) is 0 Å². The van der Waals surface area contributed by atoms with E-state index in [0.29, 0.717) is 5.57 Å². The van der Waals surface area contributed by atoms with Crippen molar-refractivity contribution >= 4 is 29.8 Å². The van der Waals surface area contributed by atoms with Crippen LogP contribution in [0.1, 0.15) is 41.5 Å². The van der Waals surface area contributed by atoms with Crippen molar-refractivity contribution < 1.29 is 57.5 Å². The van der Waals surface area contributed by atoms with Gasteiger partial charge in [0.25, 0.3) is 0 Å². The molecule has 1 aliphatic carbocycles. The van der Waals surface area contributed by atoms with E-state index in [2.05, 4.69) is 6.58 Å². The van der Waals surface area contributed by atoms with E-state index < -0.39 is 78.0 Å². The summed E-state index contributed by atoms with van der Waals surface area (Å²) >= 11 is 0. The lowest BCUT2D eigenvalue weighted by Crippen LogP contribution is -2.53. The minimum absolute atomic E-state index is 0.124. The quantitative estimate of drug-likeness (QED) is 0.156. The first-order valence-corrected chi connectivity index (χ1v) is 12.6. The topological polar surface area (TPSA) is 164 Å². The SMILES string of the molecule is C=C1C(=O)O[C@@H]2/C=C(\C)[C@@H]3O[C@H]3/C=C(/C(=O)OC)[C@H](OC(=O)/C(C)=C/C)[C@@H](OC(=O)[C@](C)(O)[C@H](C)OC(C)=O)[C@H]12. The summed E-state index contributed by atoms with van der Waals surface area (Å²) in [6.45, 7) is 12.1. The van der Waals surface area contributed by atoms with Crippen molar-refractivity contribution in [2.45, 2.75) is 83.8 Å². The summed E-state index contributed by atoms with van der Waals surface area (Å²) in [4.78, 5) is 63.7. The molecule has 2 aliphatic heterocycles. The first kappa shape index (κ1) is 30.8. The lowest BCUT2D eigenvalue weighted by Gasteiger charge is -2.36. The number of hydrogen-bond donors (Lipinski definition) is 1. The van der Waals surface area contributed by atoms with E-state index in [4.69, 9.17) is 28.4 Å². The number of carbonyl (C=O) groups excluding carboxylic acids is 5. The molecule has 12 nitrogen and oxygen atoms in total. The Kier molecular flexibility index (Phi) is 9.05. The second kappa shape index (κ2) is 11.8. The number of carbonyl (C=O) groups is 5. The maximum atomic E-state index is 13.4. The van der Waals surface area contributed by atoms with Crippen LogP contribution in [0.4, 0.5) is 0 Å². The van der Waals surface area contributed by atoms with Gasteiger partial charge in [-0.25, -0.2) is 19.2 Å². The lowest BCUT2D eigenvalue weighted by molar-refractivity contribution is -0.196. The van der Waals surface area contributed by atoms with Crippen LogP contribution in [0.2, 0.25) is 0 Å². The molecule has 2 saturated heterocycles. The maximum Gasteiger partial charge on any atom is 0.342 e. The zero-order valence-electron chi connectivity index (χ0n) is 23.4. The van der Waals surface area contributed by atoms with Gasteiger partial charge in [0.1, 0.15) is 24.4 Å². The molecule has 0 aromatic rings. The zero-order valence-corrected chi connectivity index (χ0v) is 23.4. The summed E-state index contributed by atoms with van der Waals surface area (Å²) in [5.41, 5.74) is -1.89. The number of aliphatic hydroxyl groups is 1. The van der Waals surface area contributed by atoms with Crippen LogP contribution in [0.25, 0.3) is 0 Å². The van der Waals surface area contributed by atoms with Crippen molar-refractivity contribution in [2.24, 2.45) is 5.92 Å². The molecule has 3 rings (SSSR count). The van der Waals surface area contributed by atoms with Crippen LogP contribution in [0.15, 0.2) is 47.1 Å². The van der Waals surface area contributed by atoms with Crippen molar-refractivity contribution in [3.63, 3.8) is 0 Å². The number of esters is 5. The van der Waals surface area contributed by atoms with E-state index >= 15 is 0 Å². The third kappa shape index (κ3) is 6.18. The van der Waals surface area contributed by atoms with Crippen LogP contribution in [0, 0.1) is 5.92 Å². The predicted molar refractivity (Wildman–Crippen MR) is 136 cm³/mol. The van der Waals surface area contributed by atoms with Crippen molar-refractivity contribution in [3.8, 4) is 0 Å². The molecular formula is C28H34O12. The molecule has 0 bridgehead atoms. The molecule has 2 heterocycles. The second-order valence-electron chi connectivity index (χ2n) is 10.0. The number of ether oxygens (including phenoxy) is 6. The molecule has 0 unspecified atom stereocenters. The first-order chi connectivity index (χ1) is 18.6. The van der Waals surface area contributed by atoms with Crippen LogP contribution in [0.5, 0.6) is 0 Å². The van der Waals surface area contributed by atoms with Gasteiger partial charge in [-0.1, -0.05) is 12.7 Å². The molecule has 0 saturated carbocycles. The Labute approximate surface area is 231 Å². The van der Waals surface area contributed by atoms with Crippen LogP contribution >= 0.6 is 0 Å². The molecule has 2 fully saturated rings. The summed E-state index contributed by atoms with van der Waals surface area (Å²) < 4.78 is 32.7. The molecule has 12 heteroatoms. The normalized spacial score (nSPS) is 32.8. The van der Waals surface area contributed by atoms with Crippen LogP contribution in [-0.4, -0.2) is 84.3 Å². The molecule has 3 aliphatic rings. The Morgan fingerprint density at radius 1 is 1.15 bits per heavy atom. The molecule has 1 N–H and O–H groups in total. The molecular weight excluding hydrogens is 528 g/mol. The molecule has 8 atom stereocenters. The fourth-order valence-corrected chi connectivity index (χ4v) is 4.40. The van der Waals surface area contributed by atoms with Gasteiger partial charge in [0.15, 0.2) is 17.8 Å². The number of fused-ring (bicyclic) bond motifs is 2. The van der Waals surface area contributed by atoms with Gasteiger partial charge >= 0.3 is 29.8 Å². The molecule has 40 heavy (non-hydrogen) atoms. The Morgan fingerprint density at radius 3 is 2.38 bits per heavy atom. The third-order valence-corrected chi connectivity index (χ3v) is 7.17. The fourth-order valence-electron chi connectivity index (χ4n) is 4.40. The van der Waals surface area contributed by atoms with Gasteiger partial charge in [-0.3, -0.25) is 4.79 Å². The van der Waals surface area contributed by atoms with Crippen LogP contribution in [0.3, 0.4) is 0 Å². The van der Waals surface area contributed by atoms with Gasteiger partial charge < -0.3 is 33.5 Å². The number of methoxy groups -OCH3 is 1. The number of epoxide rings is 1. The van der Waals surface area contributed by atoms with E-state index in [-0.39, 0.29) is 16.7 Å². The van der Waals surface area contributed by atoms with E-state index in [1.807, 2.05) is 0 Å². The second-order valence-corrected chi connectivity index (χ2v) is 10.0. The lowest BCUT2D eigenvalue weighted by atomic mass is 9.83. The van der Waals surface area contributed by atoms with Crippen molar-refractivity contribution in [2.75, 3.05) is 7.11 Å². The highest BCUT2D eigenvalue weighted by Crippen LogP contribution is 2.41. The Hall–Kier alpha value is -3.77. The average molecular weight is 563 g/mol. The molecule has 0 spiro atoms. The minimum Gasteiger partial charge on any atom is -0.466 e. The number of hydrogen-bond acceptors (Lipinski definition) is 12. The standard InChI is InChI=1S/C28H34O12/c1-9-12(2)24(30)39-22-17(26(32)35-8)11-19-21(37-19)13(3)10-18-20(14(4)25(31)38-18)23(22)40-27(33)28(7,34)15(5)36-16(6)29/h9-11,15,18-23,34H,4H2,1-3,5-8H3/b12-9+,13-10+,17-11+/t15-,18+,19-,20+,21-,22-,23-,28+/m0/s1. The summed E-state index contributed by atoms with van der Waals surface area (Å²) in [5, 5.41) is 11.0. The summed E-state index contributed by atoms with van der Waals surface area (Å²) in [6, 6.07) is 0. The largest absolute Gasteiger partial charge is 0.466 e. The zero-order chi connectivity index (χ0) is 30.1. The Morgan fingerprint density at radius 2 is 1.80 bits per heavy atom. The molecule has 0 aromatic heterocycles. The number of rotatable bonds is 7. The summed E-state index contributed by atoms with van der Waals surface area (Å²) in [6.07, 6.45) is -2.29. The van der Waals surface area contributed by atoms with Crippen LogP contribution < -0.4 is 0 Å². The van der Waals surface area contributed by atoms with Gasteiger partial charge in [0, 0.05) is 18.1 Å². The van der Waals surface area contributed by atoms with Gasteiger partial charge in [-0.2, -0.15) is 0 Å². The van der Waals surface area contributed by atoms with Gasteiger partial charge in [0.05, 0.1) is 18.6 Å². The average Bonchev–Trinajstić information content (AvgIpc) is 3.61. The highest BCUT2D eigenvalue weighted by Gasteiger charge is 2.54. The monoisotopic (exact) mass is 562 g/mol.